The number of piperazine rings is 1. The fourth-order valence-corrected chi connectivity index (χ4v) is 4.42. The zero-order valence-corrected chi connectivity index (χ0v) is 16.6. The number of hydrogen-bond acceptors (Lipinski definition) is 4. The number of nitrogens with zero attached hydrogens (tertiary/aromatic N) is 1. The van der Waals surface area contributed by atoms with Crippen LogP contribution < -0.4 is 5.32 Å². The Morgan fingerprint density at radius 3 is 2.73 bits per heavy atom. The second-order valence-electron chi connectivity index (χ2n) is 6.18. The molecule has 1 heterocycles. The van der Waals surface area contributed by atoms with Gasteiger partial charge in [0.2, 0.25) is 0 Å². The summed E-state index contributed by atoms with van der Waals surface area (Å²) in [6.45, 7) is 1.62. The number of aldehydes is 1. The number of carbonyl (C=O) groups excluding carboxylic acids is 2. The first-order valence-corrected chi connectivity index (χ1v) is 9.55. The quantitative estimate of drug-likeness (QED) is 0.257. The Labute approximate surface area is 171 Å². The molecule has 4 nitrogen and oxygen atoms in total. The molecular formula is C18H16Cl4N2O2. The molecule has 1 aromatic carbocycles. The van der Waals surface area contributed by atoms with Crippen molar-refractivity contribution in [2.24, 2.45) is 5.92 Å². The van der Waals surface area contributed by atoms with Crippen molar-refractivity contribution >= 4 is 58.5 Å². The van der Waals surface area contributed by atoms with Crippen LogP contribution in [0.2, 0.25) is 10.0 Å². The molecule has 1 saturated heterocycles. The Balaban J connectivity index is 1.93. The van der Waals surface area contributed by atoms with Gasteiger partial charge in [-0.05, 0) is 30.4 Å². The molecule has 3 unspecified atom stereocenters. The Kier molecular flexibility index (Phi) is 6.12. The molecule has 8 heteroatoms. The third kappa shape index (κ3) is 3.86. The monoisotopic (exact) mass is 432 g/mol. The Bertz CT molecular complexity index is 795. The van der Waals surface area contributed by atoms with E-state index in [0.717, 1.165) is 6.29 Å². The van der Waals surface area contributed by atoms with Gasteiger partial charge in [-0.25, -0.2) is 0 Å². The summed E-state index contributed by atoms with van der Waals surface area (Å²) in [5, 5.41) is 4.31. The molecule has 0 radical (unpaired) electrons. The van der Waals surface area contributed by atoms with Gasteiger partial charge in [0.1, 0.15) is 11.3 Å². The van der Waals surface area contributed by atoms with E-state index in [4.69, 9.17) is 46.4 Å². The molecule has 138 valence electrons. The molecule has 26 heavy (non-hydrogen) atoms. The third-order valence-electron chi connectivity index (χ3n) is 4.53. The molecule has 0 bridgehead atoms. The topological polar surface area (TPSA) is 49.4 Å². The fraction of sp³-hybridized carbons (Fsp3) is 0.333. The lowest BCUT2D eigenvalue weighted by molar-refractivity contribution is -0.109. The van der Waals surface area contributed by atoms with E-state index < -0.39 is 17.0 Å². The zero-order valence-electron chi connectivity index (χ0n) is 13.6. The van der Waals surface area contributed by atoms with Gasteiger partial charge in [0, 0.05) is 35.3 Å². The maximum atomic E-state index is 13.1. The van der Waals surface area contributed by atoms with Crippen LogP contribution in [-0.4, -0.2) is 47.6 Å². The summed E-state index contributed by atoms with van der Waals surface area (Å²) in [6, 6.07) is 4.24. The number of halogens is 4. The van der Waals surface area contributed by atoms with Crippen LogP contribution in [0.25, 0.3) is 0 Å². The van der Waals surface area contributed by atoms with Gasteiger partial charge in [0.15, 0.2) is 5.78 Å². The summed E-state index contributed by atoms with van der Waals surface area (Å²) in [6.07, 6.45) is 5.72. The Morgan fingerprint density at radius 1 is 1.31 bits per heavy atom. The highest BCUT2D eigenvalue weighted by atomic mass is 35.5. The van der Waals surface area contributed by atoms with E-state index in [1.165, 1.54) is 0 Å². The number of carbonyl (C=O) groups is 2. The van der Waals surface area contributed by atoms with Crippen molar-refractivity contribution in [2.45, 2.75) is 11.0 Å². The SMILES string of the molecule is O=CC1C=CC(Cl)(N2CCNCC2C(=O)c2ccc(Cl)cc2Cl)C=C1Cl. The van der Waals surface area contributed by atoms with E-state index >= 15 is 0 Å². The van der Waals surface area contributed by atoms with Crippen LogP contribution in [0.3, 0.4) is 0 Å². The number of ketones is 1. The Morgan fingerprint density at radius 2 is 2.08 bits per heavy atom. The van der Waals surface area contributed by atoms with Crippen LogP contribution in [0.15, 0.2) is 41.5 Å². The number of benzene rings is 1. The minimum Gasteiger partial charge on any atom is -0.313 e. The molecule has 0 aromatic heterocycles. The van der Waals surface area contributed by atoms with Crippen molar-refractivity contribution in [1.29, 1.82) is 0 Å². The second-order valence-corrected chi connectivity index (χ2v) is 8.07. The van der Waals surface area contributed by atoms with Gasteiger partial charge in [-0.15, -0.1) is 0 Å². The van der Waals surface area contributed by atoms with Crippen molar-refractivity contribution in [3.63, 3.8) is 0 Å². The molecule has 0 amide bonds. The van der Waals surface area contributed by atoms with Gasteiger partial charge >= 0.3 is 0 Å². The van der Waals surface area contributed by atoms with E-state index in [9.17, 15) is 9.59 Å². The lowest BCUT2D eigenvalue weighted by Crippen LogP contribution is -2.61. The number of nitrogens with one attached hydrogen (secondary N) is 1. The highest BCUT2D eigenvalue weighted by Gasteiger charge is 2.42. The van der Waals surface area contributed by atoms with Gasteiger partial charge in [-0.2, -0.15) is 0 Å². The first kappa shape index (κ1) is 19.9. The molecule has 1 aliphatic carbocycles. The molecule has 3 atom stereocenters. The van der Waals surface area contributed by atoms with Gasteiger partial charge in [0.05, 0.1) is 17.0 Å². The minimum absolute atomic E-state index is 0.158. The number of alkyl halides is 1. The maximum Gasteiger partial charge on any atom is 0.182 e. The Hall–Kier alpha value is -0.880. The van der Waals surface area contributed by atoms with E-state index in [1.54, 1.807) is 36.4 Å². The van der Waals surface area contributed by atoms with Crippen LogP contribution in [-0.2, 0) is 4.79 Å². The van der Waals surface area contributed by atoms with E-state index in [-0.39, 0.29) is 5.78 Å². The van der Waals surface area contributed by atoms with Gasteiger partial charge in [0.25, 0.3) is 0 Å². The minimum atomic E-state index is -1.09. The standard InChI is InChI=1S/C18H16Cl4N2O2/c19-12-1-2-13(14(20)7-12)17(26)16-9-23-5-6-24(16)18(22)4-3-11(10-25)15(21)8-18/h1-4,7-8,10-11,16,23H,5-6,9H2. The average molecular weight is 434 g/mol. The zero-order chi connectivity index (χ0) is 18.9. The average Bonchev–Trinajstić information content (AvgIpc) is 2.61. The van der Waals surface area contributed by atoms with Crippen molar-refractivity contribution < 1.29 is 9.59 Å². The van der Waals surface area contributed by atoms with Crippen LogP contribution >= 0.6 is 46.4 Å². The largest absolute Gasteiger partial charge is 0.313 e. The molecule has 2 aliphatic rings. The molecule has 0 spiro atoms. The summed E-state index contributed by atoms with van der Waals surface area (Å²) >= 11 is 25.1. The van der Waals surface area contributed by atoms with E-state index in [2.05, 4.69) is 5.32 Å². The fourth-order valence-electron chi connectivity index (χ4n) is 3.17. The summed E-state index contributed by atoms with van der Waals surface area (Å²) in [5.41, 5.74) is 0.385. The van der Waals surface area contributed by atoms with Crippen molar-refractivity contribution in [1.82, 2.24) is 10.2 Å². The predicted molar refractivity (Wildman–Crippen MR) is 105 cm³/mol. The lowest BCUT2D eigenvalue weighted by Gasteiger charge is -2.44. The second kappa shape index (κ2) is 8.01. The molecule has 1 fully saturated rings. The molecule has 1 N–H and O–H groups in total. The highest BCUT2D eigenvalue weighted by Crippen LogP contribution is 2.37. The first-order valence-electron chi connectivity index (χ1n) is 8.04. The molecule has 1 aliphatic heterocycles. The number of rotatable bonds is 4. The van der Waals surface area contributed by atoms with Crippen LogP contribution in [0.1, 0.15) is 10.4 Å². The summed E-state index contributed by atoms with van der Waals surface area (Å²) in [4.78, 5) is 25.0. The van der Waals surface area contributed by atoms with Crippen LogP contribution in [0.4, 0.5) is 0 Å². The summed E-state index contributed by atoms with van der Waals surface area (Å²) in [5.74, 6) is -0.666. The normalized spacial score (nSPS) is 29.3. The lowest BCUT2D eigenvalue weighted by atomic mass is 9.95. The number of Topliss-reactive ketones (excluding diaryl/α,β-unsaturated/α-hetero) is 1. The smallest absolute Gasteiger partial charge is 0.182 e. The molecule has 1 aromatic rings. The highest BCUT2D eigenvalue weighted by molar-refractivity contribution is 6.37. The van der Waals surface area contributed by atoms with Gasteiger partial charge in [-0.3, -0.25) is 9.69 Å². The summed E-state index contributed by atoms with van der Waals surface area (Å²) in [7, 11) is 0. The molecular weight excluding hydrogens is 418 g/mol. The van der Waals surface area contributed by atoms with Crippen LogP contribution in [0.5, 0.6) is 0 Å². The van der Waals surface area contributed by atoms with Crippen molar-refractivity contribution in [3.8, 4) is 0 Å². The predicted octanol–water partition coefficient (Wildman–Crippen LogP) is 3.89. The van der Waals surface area contributed by atoms with Gasteiger partial charge < -0.3 is 10.1 Å². The summed E-state index contributed by atoms with van der Waals surface area (Å²) < 4.78 is 0. The van der Waals surface area contributed by atoms with E-state index in [0.29, 0.717) is 40.3 Å². The van der Waals surface area contributed by atoms with Gasteiger partial charge in [-0.1, -0.05) is 52.5 Å². The first-order chi connectivity index (χ1) is 12.4. The molecule has 0 saturated carbocycles. The molecule has 3 rings (SSSR count). The van der Waals surface area contributed by atoms with E-state index in [1.807, 2.05) is 4.90 Å². The van der Waals surface area contributed by atoms with Crippen molar-refractivity contribution in [2.75, 3.05) is 19.6 Å². The number of hydrogen-bond donors (Lipinski definition) is 1. The van der Waals surface area contributed by atoms with Crippen LogP contribution in [0, 0.1) is 5.92 Å². The third-order valence-corrected chi connectivity index (χ3v) is 5.89. The maximum absolute atomic E-state index is 13.1. The number of allylic oxidation sites excluding steroid dienone is 2. The van der Waals surface area contributed by atoms with Crippen molar-refractivity contribution in [3.05, 3.63) is 57.1 Å².